The fourth-order valence-electron chi connectivity index (χ4n) is 2.10. The van der Waals surface area contributed by atoms with Crippen LogP contribution < -0.4 is 4.90 Å². The van der Waals surface area contributed by atoms with Gasteiger partial charge in [0.25, 0.3) is 0 Å². The number of anilines is 1. The molecule has 0 amide bonds. The Morgan fingerprint density at radius 2 is 2.06 bits per heavy atom. The standard InChI is InChI=1S/C13H17N3O/c1-10-7-11(9-14)8-12(15-10)16-5-3-13(2,17)4-6-16/h7-8,17H,3-6H2,1-2H3. The molecule has 0 saturated carbocycles. The number of piperidine rings is 1. The molecule has 1 aliphatic rings. The Bertz CT molecular complexity index is 452. The lowest BCUT2D eigenvalue weighted by molar-refractivity contribution is 0.0350. The smallest absolute Gasteiger partial charge is 0.130 e. The number of pyridine rings is 1. The van der Waals surface area contributed by atoms with Crippen molar-refractivity contribution in [2.45, 2.75) is 32.3 Å². The van der Waals surface area contributed by atoms with Crippen LogP contribution in [0.2, 0.25) is 0 Å². The highest BCUT2D eigenvalue weighted by Crippen LogP contribution is 2.25. The number of rotatable bonds is 1. The summed E-state index contributed by atoms with van der Waals surface area (Å²) in [6.45, 7) is 5.34. The van der Waals surface area contributed by atoms with Gasteiger partial charge in [0.1, 0.15) is 5.82 Å². The van der Waals surface area contributed by atoms with Gasteiger partial charge in [-0.1, -0.05) is 0 Å². The molecule has 2 rings (SSSR count). The van der Waals surface area contributed by atoms with Crippen LogP contribution in [-0.2, 0) is 0 Å². The number of hydrogen-bond donors (Lipinski definition) is 1. The molecule has 0 aromatic carbocycles. The summed E-state index contributed by atoms with van der Waals surface area (Å²) in [4.78, 5) is 6.58. The normalized spacial score (nSPS) is 18.8. The van der Waals surface area contributed by atoms with Gasteiger partial charge in [-0.15, -0.1) is 0 Å². The first-order valence-corrected chi connectivity index (χ1v) is 5.86. The predicted octanol–water partition coefficient (Wildman–Crippen LogP) is 1.61. The van der Waals surface area contributed by atoms with Crippen molar-refractivity contribution in [1.29, 1.82) is 5.26 Å². The third-order valence-corrected chi connectivity index (χ3v) is 3.23. The number of aliphatic hydroxyl groups is 1. The zero-order valence-electron chi connectivity index (χ0n) is 10.3. The van der Waals surface area contributed by atoms with Crippen LogP contribution in [0.25, 0.3) is 0 Å². The van der Waals surface area contributed by atoms with Crippen LogP contribution in [0.3, 0.4) is 0 Å². The molecule has 4 heteroatoms. The topological polar surface area (TPSA) is 60.2 Å². The fraction of sp³-hybridized carbons (Fsp3) is 0.538. The molecule has 0 bridgehead atoms. The van der Waals surface area contributed by atoms with Gasteiger partial charge in [-0.3, -0.25) is 0 Å². The van der Waals surface area contributed by atoms with Gasteiger partial charge in [-0.2, -0.15) is 5.26 Å². The van der Waals surface area contributed by atoms with Gasteiger partial charge in [0.05, 0.1) is 17.2 Å². The summed E-state index contributed by atoms with van der Waals surface area (Å²) < 4.78 is 0. The lowest BCUT2D eigenvalue weighted by Gasteiger charge is -2.36. The van der Waals surface area contributed by atoms with E-state index in [0.29, 0.717) is 5.56 Å². The second kappa shape index (κ2) is 4.34. The third-order valence-electron chi connectivity index (χ3n) is 3.23. The largest absolute Gasteiger partial charge is 0.390 e. The first kappa shape index (κ1) is 11.9. The summed E-state index contributed by atoms with van der Waals surface area (Å²) in [7, 11) is 0. The molecule has 4 nitrogen and oxygen atoms in total. The van der Waals surface area contributed by atoms with Crippen LogP contribution in [0.1, 0.15) is 31.0 Å². The van der Waals surface area contributed by atoms with Gasteiger partial charge in [0, 0.05) is 18.8 Å². The quantitative estimate of drug-likeness (QED) is 0.797. The molecule has 0 radical (unpaired) electrons. The van der Waals surface area contributed by atoms with Crippen molar-refractivity contribution < 1.29 is 5.11 Å². The summed E-state index contributed by atoms with van der Waals surface area (Å²) in [5, 5.41) is 18.8. The molecule has 1 N–H and O–H groups in total. The summed E-state index contributed by atoms with van der Waals surface area (Å²) in [5.41, 5.74) is 0.944. The van der Waals surface area contributed by atoms with Crippen LogP contribution in [0, 0.1) is 18.3 Å². The molecule has 0 aliphatic carbocycles. The molecular formula is C13H17N3O. The molecule has 1 fully saturated rings. The third kappa shape index (κ3) is 2.75. The van der Waals surface area contributed by atoms with E-state index in [1.807, 2.05) is 19.9 Å². The average Bonchev–Trinajstić information content (AvgIpc) is 2.28. The van der Waals surface area contributed by atoms with E-state index in [-0.39, 0.29) is 0 Å². The van der Waals surface area contributed by atoms with Gasteiger partial charge >= 0.3 is 0 Å². The molecule has 2 heterocycles. The molecule has 1 aromatic heterocycles. The van der Waals surface area contributed by atoms with Crippen molar-refractivity contribution in [1.82, 2.24) is 4.98 Å². The van der Waals surface area contributed by atoms with E-state index in [1.54, 1.807) is 6.07 Å². The highest BCUT2D eigenvalue weighted by molar-refractivity contribution is 5.47. The Balaban J connectivity index is 2.19. The van der Waals surface area contributed by atoms with Crippen molar-refractivity contribution in [3.8, 4) is 6.07 Å². The molecule has 0 spiro atoms. The molecule has 17 heavy (non-hydrogen) atoms. The molecular weight excluding hydrogens is 214 g/mol. The van der Waals surface area contributed by atoms with E-state index in [4.69, 9.17) is 5.26 Å². The first-order chi connectivity index (χ1) is 8.00. The summed E-state index contributed by atoms with van der Waals surface area (Å²) in [6, 6.07) is 5.74. The lowest BCUT2D eigenvalue weighted by Crippen LogP contribution is -2.42. The molecule has 1 aromatic rings. The Kier molecular flexibility index (Phi) is 3.03. The van der Waals surface area contributed by atoms with Crippen molar-refractivity contribution in [2.24, 2.45) is 0 Å². The van der Waals surface area contributed by atoms with Crippen LogP contribution >= 0.6 is 0 Å². The summed E-state index contributed by atoms with van der Waals surface area (Å²) in [6.07, 6.45) is 1.48. The second-order valence-electron chi connectivity index (χ2n) is 4.95. The van der Waals surface area contributed by atoms with Crippen LogP contribution in [0.4, 0.5) is 5.82 Å². The van der Waals surface area contributed by atoms with E-state index in [2.05, 4.69) is 16.0 Å². The number of aryl methyl sites for hydroxylation is 1. The molecule has 0 atom stereocenters. The van der Waals surface area contributed by atoms with Crippen molar-refractivity contribution in [2.75, 3.05) is 18.0 Å². The van der Waals surface area contributed by atoms with E-state index >= 15 is 0 Å². The maximum atomic E-state index is 9.90. The van der Waals surface area contributed by atoms with Crippen molar-refractivity contribution in [3.63, 3.8) is 0 Å². The van der Waals surface area contributed by atoms with Crippen molar-refractivity contribution >= 4 is 5.82 Å². The van der Waals surface area contributed by atoms with Gasteiger partial charge in [-0.25, -0.2) is 4.98 Å². The predicted molar refractivity (Wildman–Crippen MR) is 65.8 cm³/mol. The minimum Gasteiger partial charge on any atom is -0.390 e. The van der Waals surface area contributed by atoms with Gasteiger partial charge in [-0.05, 0) is 38.8 Å². The number of nitrogens with zero attached hydrogens (tertiary/aromatic N) is 3. The Hall–Kier alpha value is -1.60. The Labute approximate surface area is 102 Å². The monoisotopic (exact) mass is 231 g/mol. The Morgan fingerprint density at radius 1 is 1.41 bits per heavy atom. The van der Waals surface area contributed by atoms with E-state index in [0.717, 1.165) is 37.4 Å². The SMILES string of the molecule is Cc1cc(C#N)cc(N2CCC(C)(O)CC2)n1. The number of aromatic nitrogens is 1. The van der Waals surface area contributed by atoms with Crippen molar-refractivity contribution in [3.05, 3.63) is 23.4 Å². The Morgan fingerprint density at radius 3 is 2.65 bits per heavy atom. The van der Waals surface area contributed by atoms with E-state index < -0.39 is 5.60 Å². The average molecular weight is 231 g/mol. The summed E-state index contributed by atoms with van der Waals surface area (Å²) in [5.74, 6) is 0.844. The van der Waals surface area contributed by atoms with Crippen LogP contribution in [-0.4, -0.2) is 28.8 Å². The molecule has 1 aliphatic heterocycles. The van der Waals surface area contributed by atoms with Crippen LogP contribution in [0.15, 0.2) is 12.1 Å². The summed E-state index contributed by atoms with van der Waals surface area (Å²) >= 11 is 0. The van der Waals surface area contributed by atoms with Gasteiger partial charge in [0.15, 0.2) is 0 Å². The van der Waals surface area contributed by atoms with Crippen LogP contribution in [0.5, 0.6) is 0 Å². The zero-order valence-corrected chi connectivity index (χ0v) is 10.3. The second-order valence-corrected chi connectivity index (χ2v) is 4.95. The molecule has 1 saturated heterocycles. The lowest BCUT2D eigenvalue weighted by atomic mass is 9.94. The minimum absolute atomic E-state index is 0.557. The molecule has 90 valence electrons. The molecule has 0 unspecified atom stereocenters. The fourth-order valence-corrected chi connectivity index (χ4v) is 2.10. The van der Waals surface area contributed by atoms with Gasteiger partial charge in [0.2, 0.25) is 0 Å². The van der Waals surface area contributed by atoms with Gasteiger partial charge < -0.3 is 10.0 Å². The first-order valence-electron chi connectivity index (χ1n) is 5.86. The number of nitriles is 1. The van der Waals surface area contributed by atoms with E-state index in [1.165, 1.54) is 0 Å². The van der Waals surface area contributed by atoms with E-state index in [9.17, 15) is 5.11 Å². The maximum Gasteiger partial charge on any atom is 0.130 e. The number of hydrogen-bond acceptors (Lipinski definition) is 4. The maximum absolute atomic E-state index is 9.90. The minimum atomic E-state index is -0.557. The zero-order chi connectivity index (χ0) is 12.5. The highest BCUT2D eigenvalue weighted by Gasteiger charge is 2.27. The highest BCUT2D eigenvalue weighted by atomic mass is 16.3.